The van der Waals surface area contributed by atoms with E-state index in [2.05, 4.69) is 15.9 Å². The van der Waals surface area contributed by atoms with Gasteiger partial charge >= 0.3 is 6.09 Å². The topological polar surface area (TPSA) is 53.3 Å². The molecule has 0 bridgehead atoms. The summed E-state index contributed by atoms with van der Waals surface area (Å²) >= 11 is 3.38. The number of carbonyl (C=O) groups excluding carboxylic acids is 1. The quantitative estimate of drug-likeness (QED) is 0.800. The van der Waals surface area contributed by atoms with Crippen molar-refractivity contribution in [3.05, 3.63) is 28.2 Å². The number of cyclic esters (lactones) is 1. The first-order valence-electron chi connectivity index (χ1n) is 5.25. The van der Waals surface area contributed by atoms with Gasteiger partial charge in [-0.2, -0.15) is 5.26 Å². The molecule has 1 amide bonds. The SMILES string of the molecule is Cc1cc(Br)ccc1N1CCC(C#N)OC1=O. The van der Waals surface area contributed by atoms with Crippen LogP contribution in [0.5, 0.6) is 0 Å². The Morgan fingerprint density at radius 3 is 2.94 bits per heavy atom. The van der Waals surface area contributed by atoms with Crippen molar-refractivity contribution in [2.75, 3.05) is 11.4 Å². The van der Waals surface area contributed by atoms with Gasteiger partial charge in [-0.15, -0.1) is 0 Å². The van der Waals surface area contributed by atoms with Crippen molar-refractivity contribution in [3.8, 4) is 6.07 Å². The van der Waals surface area contributed by atoms with Crippen LogP contribution in [0.15, 0.2) is 22.7 Å². The average Bonchev–Trinajstić information content (AvgIpc) is 2.30. The Morgan fingerprint density at radius 2 is 2.35 bits per heavy atom. The van der Waals surface area contributed by atoms with Crippen LogP contribution in [0.1, 0.15) is 12.0 Å². The minimum Gasteiger partial charge on any atom is -0.430 e. The van der Waals surface area contributed by atoms with Crippen LogP contribution in [-0.4, -0.2) is 18.7 Å². The first-order chi connectivity index (χ1) is 8.11. The van der Waals surface area contributed by atoms with Gasteiger partial charge in [0.05, 0.1) is 5.69 Å². The fourth-order valence-corrected chi connectivity index (χ4v) is 2.29. The Hall–Kier alpha value is -1.54. The predicted octanol–water partition coefficient (Wildman–Crippen LogP) is 3.00. The number of nitrogens with zero attached hydrogens (tertiary/aromatic N) is 2. The number of aryl methyl sites for hydroxylation is 1. The van der Waals surface area contributed by atoms with Crippen molar-refractivity contribution in [2.45, 2.75) is 19.4 Å². The Morgan fingerprint density at radius 1 is 1.59 bits per heavy atom. The molecule has 1 aromatic carbocycles. The van der Waals surface area contributed by atoms with E-state index >= 15 is 0 Å². The standard InChI is InChI=1S/C12H11BrN2O2/c1-8-6-9(13)2-3-11(8)15-5-4-10(7-14)17-12(15)16/h2-3,6,10H,4-5H2,1H3. The lowest BCUT2D eigenvalue weighted by atomic mass is 10.1. The summed E-state index contributed by atoms with van der Waals surface area (Å²) < 4.78 is 5.97. The van der Waals surface area contributed by atoms with E-state index in [1.807, 2.05) is 31.2 Å². The van der Waals surface area contributed by atoms with Gasteiger partial charge in [0.1, 0.15) is 6.07 Å². The van der Waals surface area contributed by atoms with Crippen LogP contribution in [0.4, 0.5) is 10.5 Å². The van der Waals surface area contributed by atoms with E-state index in [-0.39, 0.29) is 0 Å². The molecule has 1 aliphatic heterocycles. The molecular formula is C12H11BrN2O2. The van der Waals surface area contributed by atoms with E-state index in [4.69, 9.17) is 10.00 Å². The smallest absolute Gasteiger partial charge is 0.415 e. The molecule has 1 aromatic rings. The number of carbonyl (C=O) groups is 1. The van der Waals surface area contributed by atoms with Gasteiger partial charge in [-0.1, -0.05) is 15.9 Å². The summed E-state index contributed by atoms with van der Waals surface area (Å²) in [6.45, 7) is 2.45. The minimum atomic E-state index is -0.616. The van der Waals surface area contributed by atoms with Crippen LogP contribution in [0, 0.1) is 18.3 Å². The van der Waals surface area contributed by atoms with E-state index in [0.29, 0.717) is 13.0 Å². The summed E-state index contributed by atoms with van der Waals surface area (Å²) in [5, 5.41) is 8.70. The van der Waals surface area contributed by atoms with Crippen LogP contribution >= 0.6 is 15.9 Å². The van der Waals surface area contributed by atoms with E-state index in [0.717, 1.165) is 15.7 Å². The number of halogens is 1. The second kappa shape index (κ2) is 4.76. The third-order valence-electron chi connectivity index (χ3n) is 2.67. The van der Waals surface area contributed by atoms with Gasteiger partial charge in [0, 0.05) is 17.4 Å². The van der Waals surface area contributed by atoms with Crippen LogP contribution in [0.25, 0.3) is 0 Å². The fourth-order valence-electron chi connectivity index (χ4n) is 1.81. The van der Waals surface area contributed by atoms with Crippen LogP contribution in [0.2, 0.25) is 0 Å². The van der Waals surface area contributed by atoms with Gasteiger partial charge < -0.3 is 4.74 Å². The molecule has 0 N–H and O–H groups in total. The highest BCUT2D eigenvalue weighted by molar-refractivity contribution is 9.10. The fraction of sp³-hybridized carbons (Fsp3) is 0.333. The van der Waals surface area contributed by atoms with Crippen molar-refractivity contribution in [3.63, 3.8) is 0 Å². The summed E-state index contributed by atoms with van der Waals surface area (Å²) in [6, 6.07) is 7.65. The first kappa shape index (κ1) is 11.9. The molecule has 1 fully saturated rings. The maximum Gasteiger partial charge on any atom is 0.415 e. The van der Waals surface area contributed by atoms with Crippen molar-refractivity contribution >= 4 is 27.7 Å². The number of hydrogen-bond donors (Lipinski definition) is 0. The van der Waals surface area contributed by atoms with E-state index in [1.165, 1.54) is 0 Å². The largest absolute Gasteiger partial charge is 0.430 e. The zero-order valence-corrected chi connectivity index (χ0v) is 10.9. The number of nitriles is 1. The lowest BCUT2D eigenvalue weighted by molar-refractivity contribution is 0.111. The molecule has 0 saturated carbocycles. The predicted molar refractivity (Wildman–Crippen MR) is 66.7 cm³/mol. The maximum absolute atomic E-state index is 11.7. The Balaban J connectivity index is 2.24. The molecule has 1 unspecified atom stereocenters. The average molecular weight is 295 g/mol. The Kier molecular flexibility index (Phi) is 3.34. The number of hydrogen-bond acceptors (Lipinski definition) is 3. The lowest BCUT2D eigenvalue weighted by Gasteiger charge is -2.29. The number of benzene rings is 1. The van der Waals surface area contributed by atoms with Gasteiger partial charge in [0.25, 0.3) is 0 Å². The molecule has 1 aliphatic rings. The van der Waals surface area contributed by atoms with E-state index < -0.39 is 12.2 Å². The van der Waals surface area contributed by atoms with E-state index in [1.54, 1.807) is 4.90 Å². The normalized spacial score (nSPS) is 19.7. The first-order valence-corrected chi connectivity index (χ1v) is 6.05. The van der Waals surface area contributed by atoms with Gasteiger partial charge in [-0.3, -0.25) is 4.90 Å². The summed E-state index contributed by atoms with van der Waals surface area (Å²) in [7, 11) is 0. The van der Waals surface area contributed by atoms with Gasteiger partial charge in [0.15, 0.2) is 6.10 Å². The number of amides is 1. The van der Waals surface area contributed by atoms with Crippen molar-refractivity contribution in [1.82, 2.24) is 0 Å². The second-order valence-electron chi connectivity index (χ2n) is 3.87. The van der Waals surface area contributed by atoms with Crippen molar-refractivity contribution in [2.24, 2.45) is 0 Å². The van der Waals surface area contributed by atoms with Crippen molar-refractivity contribution < 1.29 is 9.53 Å². The molecule has 0 aromatic heterocycles. The molecule has 17 heavy (non-hydrogen) atoms. The van der Waals surface area contributed by atoms with Crippen LogP contribution < -0.4 is 4.90 Å². The number of anilines is 1. The molecule has 2 rings (SSSR count). The monoisotopic (exact) mass is 294 g/mol. The highest BCUT2D eigenvalue weighted by Gasteiger charge is 2.28. The van der Waals surface area contributed by atoms with Gasteiger partial charge in [0.2, 0.25) is 0 Å². The summed E-state index contributed by atoms with van der Waals surface area (Å²) in [5.41, 5.74) is 1.82. The van der Waals surface area contributed by atoms with Crippen LogP contribution in [0.3, 0.4) is 0 Å². The van der Waals surface area contributed by atoms with Crippen molar-refractivity contribution in [1.29, 1.82) is 5.26 Å². The minimum absolute atomic E-state index is 0.451. The maximum atomic E-state index is 11.7. The van der Waals surface area contributed by atoms with Gasteiger partial charge in [-0.05, 0) is 30.7 Å². The molecule has 1 heterocycles. The Bertz CT molecular complexity index is 496. The number of ether oxygens (including phenoxy) is 1. The third kappa shape index (κ3) is 2.42. The van der Waals surface area contributed by atoms with E-state index in [9.17, 15) is 4.79 Å². The zero-order chi connectivity index (χ0) is 12.4. The zero-order valence-electron chi connectivity index (χ0n) is 9.31. The highest BCUT2D eigenvalue weighted by Crippen LogP contribution is 2.27. The molecule has 1 saturated heterocycles. The second-order valence-corrected chi connectivity index (χ2v) is 4.79. The molecule has 0 spiro atoms. The highest BCUT2D eigenvalue weighted by atomic mass is 79.9. The summed E-state index contributed by atoms with van der Waals surface area (Å²) in [5.74, 6) is 0. The summed E-state index contributed by atoms with van der Waals surface area (Å²) in [4.78, 5) is 13.3. The number of rotatable bonds is 1. The van der Waals surface area contributed by atoms with Crippen LogP contribution in [-0.2, 0) is 4.74 Å². The molecular weight excluding hydrogens is 284 g/mol. The molecule has 0 aliphatic carbocycles. The molecule has 4 nitrogen and oxygen atoms in total. The lowest BCUT2D eigenvalue weighted by Crippen LogP contribution is -2.41. The Labute approximate surface area is 108 Å². The molecule has 5 heteroatoms. The molecule has 1 atom stereocenters. The molecule has 0 radical (unpaired) electrons. The molecule has 88 valence electrons. The summed E-state index contributed by atoms with van der Waals surface area (Å²) in [6.07, 6.45) is -0.527. The van der Waals surface area contributed by atoms with Gasteiger partial charge in [-0.25, -0.2) is 4.79 Å². The third-order valence-corrected chi connectivity index (χ3v) is 3.17.